The van der Waals surface area contributed by atoms with Gasteiger partial charge in [-0.05, 0) is 38.1 Å². The average molecular weight is 436 g/mol. The summed E-state index contributed by atoms with van der Waals surface area (Å²) < 4.78 is 12.5. The molecule has 3 aromatic rings. The Morgan fingerprint density at radius 2 is 1.84 bits per heavy atom. The number of aromatic nitrogens is 2. The van der Waals surface area contributed by atoms with Gasteiger partial charge in [-0.2, -0.15) is 5.10 Å². The lowest BCUT2D eigenvalue weighted by molar-refractivity contribution is -0.384. The summed E-state index contributed by atoms with van der Waals surface area (Å²) in [5.74, 6) is 0.455. The van der Waals surface area contributed by atoms with Crippen molar-refractivity contribution in [2.75, 3.05) is 20.2 Å². The number of hydrogen-bond donors (Lipinski definition) is 0. The van der Waals surface area contributed by atoms with Crippen molar-refractivity contribution in [3.05, 3.63) is 70.4 Å². The maximum absolute atomic E-state index is 13.5. The second kappa shape index (κ2) is 8.80. The monoisotopic (exact) mass is 436 g/mol. The molecule has 4 rings (SSSR count). The van der Waals surface area contributed by atoms with Crippen molar-refractivity contribution >= 4 is 11.6 Å². The van der Waals surface area contributed by atoms with Gasteiger partial charge in [0.05, 0.1) is 35.6 Å². The number of hydrogen-bond acceptors (Lipinski definition) is 6. The van der Waals surface area contributed by atoms with E-state index >= 15 is 0 Å². The Morgan fingerprint density at radius 3 is 2.53 bits per heavy atom. The molecule has 1 amide bonds. The Kier molecular flexibility index (Phi) is 5.91. The smallest absolute Gasteiger partial charge is 0.272 e. The van der Waals surface area contributed by atoms with Crippen LogP contribution in [0.2, 0.25) is 0 Å². The van der Waals surface area contributed by atoms with Crippen LogP contribution in [-0.2, 0) is 4.74 Å². The number of rotatable bonds is 5. The Labute approximate surface area is 185 Å². The van der Waals surface area contributed by atoms with Crippen LogP contribution in [0.1, 0.15) is 24.3 Å². The van der Waals surface area contributed by atoms with E-state index in [0.717, 1.165) is 5.56 Å². The van der Waals surface area contributed by atoms with E-state index < -0.39 is 4.92 Å². The summed E-state index contributed by atoms with van der Waals surface area (Å²) in [5.41, 5.74) is 2.02. The van der Waals surface area contributed by atoms with E-state index in [-0.39, 0.29) is 23.8 Å². The average Bonchev–Trinajstić information content (AvgIpc) is 3.23. The second-order valence-corrected chi connectivity index (χ2v) is 7.80. The van der Waals surface area contributed by atoms with Crippen LogP contribution in [-0.4, -0.2) is 57.9 Å². The van der Waals surface area contributed by atoms with Gasteiger partial charge in [-0.15, -0.1) is 0 Å². The fourth-order valence-electron chi connectivity index (χ4n) is 3.90. The summed E-state index contributed by atoms with van der Waals surface area (Å²) in [4.78, 5) is 26.1. The van der Waals surface area contributed by atoms with Gasteiger partial charge in [0.15, 0.2) is 0 Å². The normalized spacial score (nSPS) is 18.4. The molecule has 0 spiro atoms. The van der Waals surface area contributed by atoms with Crippen molar-refractivity contribution < 1.29 is 19.2 Å². The lowest BCUT2D eigenvalue weighted by atomic mass is 10.1. The first-order valence-corrected chi connectivity index (χ1v) is 10.3. The molecular weight excluding hydrogens is 412 g/mol. The van der Waals surface area contributed by atoms with Gasteiger partial charge >= 0.3 is 0 Å². The Balaban J connectivity index is 1.81. The topological polar surface area (TPSA) is 99.7 Å². The van der Waals surface area contributed by atoms with Crippen LogP contribution in [0.15, 0.2) is 54.6 Å². The van der Waals surface area contributed by atoms with E-state index in [9.17, 15) is 14.9 Å². The number of amides is 1. The maximum Gasteiger partial charge on any atom is 0.272 e. The predicted molar refractivity (Wildman–Crippen MR) is 118 cm³/mol. The first-order valence-electron chi connectivity index (χ1n) is 10.3. The summed E-state index contributed by atoms with van der Waals surface area (Å²) in [6, 6.07) is 15.2. The molecule has 1 aliphatic heterocycles. The summed E-state index contributed by atoms with van der Waals surface area (Å²) in [5, 5.41) is 15.9. The van der Waals surface area contributed by atoms with Crippen molar-refractivity contribution in [2.45, 2.75) is 26.1 Å². The van der Waals surface area contributed by atoms with Crippen molar-refractivity contribution in [3.63, 3.8) is 0 Å². The van der Waals surface area contributed by atoms with Gasteiger partial charge < -0.3 is 14.4 Å². The van der Waals surface area contributed by atoms with Crippen molar-refractivity contribution in [3.8, 4) is 22.7 Å². The van der Waals surface area contributed by atoms with Crippen LogP contribution in [0, 0.1) is 10.1 Å². The maximum atomic E-state index is 13.5. The molecule has 1 saturated heterocycles. The molecule has 2 unspecified atom stereocenters. The number of methoxy groups -OCH3 is 1. The van der Waals surface area contributed by atoms with E-state index in [1.807, 2.05) is 38.1 Å². The van der Waals surface area contributed by atoms with Crippen LogP contribution in [0.3, 0.4) is 0 Å². The number of ether oxygens (including phenoxy) is 2. The van der Waals surface area contributed by atoms with Crippen LogP contribution in [0.25, 0.3) is 16.9 Å². The molecule has 9 heteroatoms. The summed E-state index contributed by atoms with van der Waals surface area (Å²) in [7, 11) is 1.58. The zero-order valence-electron chi connectivity index (χ0n) is 18.1. The number of carbonyl (C=O) groups excluding carboxylic acids is 1. The standard InChI is InChI=1S/C23H24N4O5/c1-15-13-25(14-16(2)32-15)23(28)22-12-21(17-6-4-9-20(10-17)31-3)24-26(22)18-7-5-8-19(11-18)27(29)30/h4-12,15-16H,13-14H2,1-3H3. The molecule has 166 valence electrons. The minimum absolute atomic E-state index is 0.0760. The van der Waals surface area contributed by atoms with Gasteiger partial charge in [-0.25, -0.2) is 4.68 Å². The van der Waals surface area contributed by atoms with E-state index in [0.29, 0.717) is 35.9 Å². The zero-order valence-corrected chi connectivity index (χ0v) is 18.1. The number of benzene rings is 2. The number of morpholine rings is 1. The molecule has 1 aromatic heterocycles. The lowest BCUT2D eigenvalue weighted by Crippen LogP contribution is -2.48. The van der Waals surface area contributed by atoms with Crippen LogP contribution in [0.4, 0.5) is 5.69 Å². The molecule has 1 aliphatic rings. The highest BCUT2D eigenvalue weighted by Crippen LogP contribution is 2.27. The van der Waals surface area contributed by atoms with Gasteiger partial charge in [0.1, 0.15) is 11.4 Å². The summed E-state index contributed by atoms with van der Waals surface area (Å²) in [6.07, 6.45) is -0.176. The third-order valence-corrected chi connectivity index (χ3v) is 5.29. The highest BCUT2D eigenvalue weighted by atomic mass is 16.6. The molecule has 1 fully saturated rings. The Bertz CT molecular complexity index is 1150. The van der Waals surface area contributed by atoms with Gasteiger partial charge in [-0.3, -0.25) is 14.9 Å². The van der Waals surface area contributed by atoms with Crippen LogP contribution >= 0.6 is 0 Å². The molecule has 0 saturated carbocycles. The van der Waals surface area contributed by atoms with Crippen molar-refractivity contribution in [1.29, 1.82) is 0 Å². The fraction of sp³-hybridized carbons (Fsp3) is 0.304. The number of nitro groups is 1. The molecule has 2 heterocycles. The first-order chi connectivity index (χ1) is 15.4. The number of nitro benzene ring substituents is 1. The molecule has 2 aromatic carbocycles. The Morgan fingerprint density at radius 1 is 1.12 bits per heavy atom. The van der Waals surface area contributed by atoms with Crippen LogP contribution < -0.4 is 4.74 Å². The van der Waals surface area contributed by atoms with E-state index in [4.69, 9.17) is 9.47 Å². The van der Waals surface area contributed by atoms with Gasteiger partial charge in [0.25, 0.3) is 11.6 Å². The molecule has 0 aliphatic carbocycles. The molecular formula is C23H24N4O5. The van der Waals surface area contributed by atoms with Crippen LogP contribution in [0.5, 0.6) is 5.75 Å². The minimum atomic E-state index is -0.469. The third-order valence-electron chi connectivity index (χ3n) is 5.29. The quantitative estimate of drug-likeness (QED) is 0.447. The SMILES string of the molecule is COc1cccc(-c2cc(C(=O)N3CC(C)OC(C)C3)n(-c3cccc([N+](=O)[O-])c3)n2)c1. The summed E-state index contributed by atoms with van der Waals surface area (Å²) in [6.45, 7) is 4.76. The third kappa shape index (κ3) is 4.33. The lowest BCUT2D eigenvalue weighted by Gasteiger charge is -2.35. The van der Waals surface area contributed by atoms with E-state index in [1.165, 1.54) is 16.8 Å². The highest BCUT2D eigenvalue weighted by Gasteiger charge is 2.29. The summed E-state index contributed by atoms with van der Waals surface area (Å²) >= 11 is 0. The second-order valence-electron chi connectivity index (χ2n) is 7.80. The highest BCUT2D eigenvalue weighted by molar-refractivity contribution is 5.94. The minimum Gasteiger partial charge on any atom is -0.497 e. The fourth-order valence-corrected chi connectivity index (χ4v) is 3.90. The van der Waals surface area contributed by atoms with Gasteiger partial charge in [0.2, 0.25) is 0 Å². The largest absolute Gasteiger partial charge is 0.497 e. The number of nitrogens with zero attached hydrogens (tertiary/aromatic N) is 4. The van der Waals surface area contributed by atoms with Crippen molar-refractivity contribution in [2.24, 2.45) is 0 Å². The number of non-ortho nitro benzene ring substituents is 1. The zero-order chi connectivity index (χ0) is 22.8. The van der Waals surface area contributed by atoms with Crippen molar-refractivity contribution in [1.82, 2.24) is 14.7 Å². The molecule has 0 bridgehead atoms. The molecule has 9 nitrogen and oxygen atoms in total. The van der Waals surface area contributed by atoms with E-state index in [1.54, 1.807) is 30.2 Å². The van der Waals surface area contributed by atoms with E-state index in [2.05, 4.69) is 5.10 Å². The molecule has 32 heavy (non-hydrogen) atoms. The molecule has 0 N–H and O–H groups in total. The number of carbonyl (C=O) groups is 1. The van der Waals surface area contributed by atoms with Gasteiger partial charge in [0, 0.05) is 30.8 Å². The predicted octanol–water partition coefficient (Wildman–Crippen LogP) is 3.71. The Hall–Kier alpha value is -3.72. The molecule has 2 atom stereocenters. The molecule has 0 radical (unpaired) electrons. The van der Waals surface area contributed by atoms with Gasteiger partial charge in [-0.1, -0.05) is 18.2 Å². The first kappa shape index (κ1) is 21.5.